The van der Waals surface area contributed by atoms with Crippen molar-refractivity contribution >= 4 is 5.91 Å². The number of hydrogen-bond donors (Lipinski definition) is 2. The van der Waals surface area contributed by atoms with Crippen molar-refractivity contribution in [3.8, 4) is 0 Å². The number of aromatic nitrogens is 1. The number of amides is 1. The molecule has 0 saturated heterocycles. The predicted octanol–water partition coefficient (Wildman–Crippen LogP) is 0.974. The van der Waals surface area contributed by atoms with Gasteiger partial charge in [0.15, 0.2) is 0 Å². The van der Waals surface area contributed by atoms with E-state index in [2.05, 4.69) is 10.3 Å². The Morgan fingerprint density at radius 1 is 1.65 bits per heavy atom. The number of rotatable bonds is 4. The van der Waals surface area contributed by atoms with E-state index in [1.54, 1.807) is 6.20 Å². The van der Waals surface area contributed by atoms with Gasteiger partial charge in [-0.15, -0.1) is 0 Å². The molecule has 94 valence electrons. The molecule has 1 aliphatic carbocycles. The minimum Gasteiger partial charge on any atom is -0.444 e. The van der Waals surface area contributed by atoms with Gasteiger partial charge in [-0.25, -0.2) is 4.98 Å². The lowest BCUT2D eigenvalue weighted by Crippen LogP contribution is -2.34. The van der Waals surface area contributed by atoms with Crippen LogP contribution in [0.15, 0.2) is 10.6 Å². The first-order valence-corrected chi connectivity index (χ1v) is 6.09. The molecule has 3 N–H and O–H groups in total. The van der Waals surface area contributed by atoms with Crippen LogP contribution in [-0.2, 0) is 11.3 Å². The Kier molecular flexibility index (Phi) is 3.78. The Labute approximate surface area is 101 Å². The minimum absolute atomic E-state index is 0.0658. The lowest BCUT2D eigenvalue weighted by Gasteiger charge is -2.16. The zero-order valence-corrected chi connectivity index (χ0v) is 10.1. The highest BCUT2D eigenvalue weighted by atomic mass is 16.4. The molecule has 1 aliphatic rings. The molecular weight excluding hydrogens is 218 g/mol. The predicted molar refractivity (Wildman–Crippen MR) is 63.0 cm³/mol. The Hall–Kier alpha value is -1.36. The van der Waals surface area contributed by atoms with Crippen LogP contribution >= 0.6 is 0 Å². The maximum absolute atomic E-state index is 12.0. The Balaban J connectivity index is 1.84. The van der Waals surface area contributed by atoms with Gasteiger partial charge in [0.2, 0.25) is 11.8 Å². The zero-order valence-electron chi connectivity index (χ0n) is 10.1. The monoisotopic (exact) mass is 237 g/mol. The molecule has 1 aromatic heterocycles. The Morgan fingerprint density at radius 2 is 2.47 bits per heavy atom. The van der Waals surface area contributed by atoms with Crippen molar-refractivity contribution in [3.05, 3.63) is 17.8 Å². The summed E-state index contributed by atoms with van der Waals surface area (Å²) in [6.45, 7) is 2.79. The van der Waals surface area contributed by atoms with Gasteiger partial charge < -0.3 is 15.5 Å². The van der Waals surface area contributed by atoms with Crippen LogP contribution in [0.2, 0.25) is 0 Å². The molecule has 1 amide bonds. The Bertz CT molecular complexity index is 389. The van der Waals surface area contributed by atoms with Gasteiger partial charge >= 0.3 is 0 Å². The summed E-state index contributed by atoms with van der Waals surface area (Å²) in [7, 11) is 0. The number of nitrogens with one attached hydrogen (secondary N) is 1. The lowest BCUT2D eigenvalue weighted by atomic mass is 9.95. The molecule has 1 fully saturated rings. The maximum atomic E-state index is 12.0. The summed E-state index contributed by atoms with van der Waals surface area (Å²) in [6, 6.07) is 0. The van der Waals surface area contributed by atoms with Crippen molar-refractivity contribution in [3.63, 3.8) is 0 Å². The van der Waals surface area contributed by atoms with Gasteiger partial charge in [0, 0.05) is 5.92 Å². The second-order valence-electron chi connectivity index (χ2n) is 4.62. The first kappa shape index (κ1) is 12.1. The fourth-order valence-corrected chi connectivity index (χ4v) is 2.44. The normalized spacial score (nSPS) is 23.9. The Morgan fingerprint density at radius 3 is 3.12 bits per heavy atom. The van der Waals surface area contributed by atoms with Crippen LogP contribution in [0, 0.1) is 18.8 Å². The van der Waals surface area contributed by atoms with Gasteiger partial charge in [0.25, 0.3) is 0 Å². The number of carbonyl (C=O) groups is 1. The largest absolute Gasteiger partial charge is 0.444 e. The molecule has 0 aromatic carbocycles. The molecular formula is C12H19N3O2. The third-order valence-electron chi connectivity index (χ3n) is 3.38. The first-order valence-electron chi connectivity index (χ1n) is 6.09. The number of nitrogens with zero attached hydrogens (tertiary/aromatic N) is 1. The van der Waals surface area contributed by atoms with Gasteiger partial charge in [-0.2, -0.15) is 0 Å². The highest BCUT2D eigenvalue weighted by Crippen LogP contribution is 2.30. The van der Waals surface area contributed by atoms with Crippen LogP contribution in [0.3, 0.4) is 0 Å². The molecule has 5 heteroatoms. The third-order valence-corrected chi connectivity index (χ3v) is 3.38. The zero-order chi connectivity index (χ0) is 12.3. The van der Waals surface area contributed by atoms with E-state index < -0.39 is 0 Å². The SMILES string of the molecule is Cc1cnc(CNC(=O)C2CCCC2CN)o1. The maximum Gasteiger partial charge on any atom is 0.223 e. The summed E-state index contributed by atoms with van der Waals surface area (Å²) in [5.74, 6) is 1.79. The van der Waals surface area contributed by atoms with Crippen molar-refractivity contribution in [1.82, 2.24) is 10.3 Å². The standard InChI is InChI=1S/C12H19N3O2/c1-8-6-14-11(17-8)7-15-12(16)10-4-2-3-9(10)5-13/h6,9-10H,2-5,7,13H2,1H3,(H,15,16). The lowest BCUT2D eigenvalue weighted by molar-refractivity contribution is -0.126. The molecule has 0 aliphatic heterocycles. The summed E-state index contributed by atoms with van der Waals surface area (Å²) >= 11 is 0. The molecule has 17 heavy (non-hydrogen) atoms. The van der Waals surface area contributed by atoms with Gasteiger partial charge in [-0.05, 0) is 32.2 Å². The van der Waals surface area contributed by atoms with Crippen LogP contribution in [0.4, 0.5) is 0 Å². The molecule has 5 nitrogen and oxygen atoms in total. The van der Waals surface area contributed by atoms with Crippen molar-refractivity contribution in [1.29, 1.82) is 0 Å². The molecule has 2 unspecified atom stereocenters. The second kappa shape index (κ2) is 5.31. The number of nitrogens with two attached hydrogens (primary N) is 1. The van der Waals surface area contributed by atoms with Crippen molar-refractivity contribution in [2.45, 2.75) is 32.7 Å². The van der Waals surface area contributed by atoms with E-state index in [1.807, 2.05) is 6.92 Å². The van der Waals surface area contributed by atoms with Crippen LogP contribution in [0.5, 0.6) is 0 Å². The van der Waals surface area contributed by atoms with Gasteiger partial charge in [-0.1, -0.05) is 6.42 Å². The summed E-state index contributed by atoms with van der Waals surface area (Å²) in [4.78, 5) is 16.0. The average Bonchev–Trinajstić information content (AvgIpc) is 2.94. The van der Waals surface area contributed by atoms with E-state index in [-0.39, 0.29) is 11.8 Å². The van der Waals surface area contributed by atoms with E-state index in [4.69, 9.17) is 10.2 Å². The van der Waals surface area contributed by atoms with Crippen molar-refractivity contribution in [2.24, 2.45) is 17.6 Å². The molecule has 1 aromatic rings. The molecule has 2 atom stereocenters. The third kappa shape index (κ3) is 2.85. The minimum atomic E-state index is 0.0658. The smallest absolute Gasteiger partial charge is 0.223 e. The molecule has 1 heterocycles. The fourth-order valence-electron chi connectivity index (χ4n) is 2.44. The average molecular weight is 237 g/mol. The van der Waals surface area contributed by atoms with Gasteiger partial charge in [0.05, 0.1) is 12.7 Å². The van der Waals surface area contributed by atoms with Crippen LogP contribution in [-0.4, -0.2) is 17.4 Å². The molecule has 2 rings (SSSR count). The van der Waals surface area contributed by atoms with E-state index >= 15 is 0 Å². The van der Waals surface area contributed by atoms with Crippen molar-refractivity contribution in [2.75, 3.05) is 6.54 Å². The highest BCUT2D eigenvalue weighted by molar-refractivity contribution is 5.79. The van der Waals surface area contributed by atoms with Crippen LogP contribution in [0.25, 0.3) is 0 Å². The van der Waals surface area contributed by atoms with E-state index in [1.165, 1.54) is 0 Å². The van der Waals surface area contributed by atoms with E-state index in [0.717, 1.165) is 25.0 Å². The van der Waals surface area contributed by atoms with Gasteiger partial charge in [-0.3, -0.25) is 4.79 Å². The highest BCUT2D eigenvalue weighted by Gasteiger charge is 2.31. The van der Waals surface area contributed by atoms with Gasteiger partial charge in [0.1, 0.15) is 5.76 Å². The number of hydrogen-bond acceptors (Lipinski definition) is 4. The molecule has 0 bridgehead atoms. The van der Waals surface area contributed by atoms with Crippen molar-refractivity contribution < 1.29 is 9.21 Å². The summed E-state index contributed by atoms with van der Waals surface area (Å²) in [5.41, 5.74) is 5.66. The fraction of sp³-hybridized carbons (Fsp3) is 0.667. The number of oxazole rings is 1. The molecule has 0 radical (unpaired) electrons. The van der Waals surface area contributed by atoms with Crippen LogP contribution < -0.4 is 11.1 Å². The topological polar surface area (TPSA) is 81.2 Å². The molecule has 0 spiro atoms. The molecule has 1 saturated carbocycles. The summed E-state index contributed by atoms with van der Waals surface area (Å²) in [5, 5.41) is 2.87. The van der Waals surface area contributed by atoms with E-state index in [0.29, 0.717) is 24.9 Å². The van der Waals surface area contributed by atoms with Crippen LogP contribution in [0.1, 0.15) is 30.9 Å². The number of carbonyl (C=O) groups excluding carboxylic acids is 1. The summed E-state index contributed by atoms with van der Waals surface area (Å²) in [6.07, 6.45) is 4.75. The second-order valence-corrected chi connectivity index (χ2v) is 4.62. The summed E-state index contributed by atoms with van der Waals surface area (Å²) < 4.78 is 5.30. The number of aryl methyl sites for hydroxylation is 1. The van der Waals surface area contributed by atoms with E-state index in [9.17, 15) is 4.79 Å². The first-order chi connectivity index (χ1) is 8.20. The quantitative estimate of drug-likeness (QED) is 0.817.